The van der Waals surface area contributed by atoms with Crippen LogP contribution in [0.4, 0.5) is 17.6 Å². The van der Waals surface area contributed by atoms with E-state index in [0.29, 0.717) is 17.8 Å². The van der Waals surface area contributed by atoms with Gasteiger partial charge in [-0.1, -0.05) is 0 Å². The molecule has 0 spiro atoms. The largest absolute Gasteiger partial charge is 0.382 e. The van der Waals surface area contributed by atoms with Crippen LogP contribution in [0.25, 0.3) is 22.2 Å². The van der Waals surface area contributed by atoms with Gasteiger partial charge < -0.3 is 16.0 Å². The summed E-state index contributed by atoms with van der Waals surface area (Å²) in [6.45, 7) is 3.28. The van der Waals surface area contributed by atoms with Crippen LogP contribution in [0.3, 0.4) is 0 Å². The van der Waals surface area contributed by atoms with Gasteiger partial charge in [0.1, 0.15) is 5.82 Å². The molecule has 0 amide bonds. The zero-order chi connectivity index (χ0) is 18.3. The smallest absolute Gasteiger partial charge is 0.224 e. The lowest BCUT2D eigenvalue weighted by atomic mass is 10.1. The second kappa shape index (κ2) is 6.68. The summed E-state index contributed by atoms with van der Waals surface area (Å²) in [7, 11) is 1.85. The van der Waals surface area contributed by atoms with Crippen LogP contribution in [0.15, 0.2) is 23.1 Å². The lowest BCUT2D eigenvalue weighted by Gasteiger charge is -2.23. The minimum absolute atomic E-state index is 0.499. The van der Waals surface area contributed by atoms with Crippen LogP contribution in [-0.2, 0) is 0 Å². The normalized spacial score (nSPS) is 17.2. The van der Waals surface area contributed by atoms with Gasteiger partial charge in [-0.3, -0.25) is 5.10 Å². The van der Waals surface area contributed by atoms with Gasteiger partial charge in [0.05, 0.1) is 16.6 Å². The number of nitrogens with zero attached hydrogens (tertiary/aromatic N) is 4. The molecule has 8 heteroatoms. The number of aromatic amines is 1. The predicted molar refractivity (Wildman–Crippen MR) is 109 cm³/mol. The summed E-state index contributed by atoms with van der Waals surface area (Å²) in [5.74, 6) is 2.13. The number of rotatable bonds is 4. The maximum atomic E-state index is 6.01. The molecule has 0 radical (unpaired) electrons. The van der Waals surface area contributed by atoms with Gasteiger partial charge in [0.25, 0.3) is 0 Å². The molecular formula is C18H23N7S. The van der Waals surface area contributed by atoms with Crippen molar-refractivity contribution in [2.24, 2.45) is 0 Å². The van der Waals surface area contributed by atoms with Crippen molar-refractivity contribution in [3.8, 4) is 11.3 Å². The van der Waals surface area contributed by atoms with Crippen LogP contribution in [0.2, 0.25) is 0 Å². The summed E-state index contributed by atoms with van der Waals surface area (Å²) < 4.78 is 0. The number of benzene rings is 1. The number of thioether (sulfide) groups is 1. The van der Waals surface area contributed by atoms with Crippen LogP contribution in [0.5, 0.6) is 0 Å². The third-order valence-electron chi connectivity index (χ3n) is 4.95. The van der Waals surface area contributed by atoms with E-state index in [0.717, 1.165) is 39.4 Å². The Morgan fingerprint density at radius 3 is 2.85 bits per heavy atom. The number of aromatic nitrogens is 4. The van der Waals surface area contributed by atoms with Gasteiger partial charge in [-0.05, 0) is 38.2 Å². The van der Waals surface area contributed by atoms with E-state index in [4.69, 9.17) is 5.73 Å². The summed E-state index contributed by atoms with van der Waals surface area (Å²) in [6.07, 6.45) is 4.44. The van der Waals surface area contributed by atoms with E-state index in [2.05, 4.69) is 55.5 Å². The number of hydrogen-bond donors (Lipinski definition) is 3. The van der Waals surface area contributed by atoms with Crippen molar-refractivity contribution in [3.05, 3.63) is 18.2 Å². The van der Waals surface area contributed by atoms with Gasteiger partial charge in [0.2, 0.25) is 5.95 Å². The summed E-state index contributed by atoms with van der Waals surface area (Å²) in [6, 6.07) is 6.75. The molecule has 0 aliphatic carbocycles. The SMILES string of the molecule is CNc1nc(-c2cc(SC)c3c(N)n[nH]c3c2)cc(N2CCC[C@H]2C)n1. The fourth-order valence-corrected chi connectivity index (χ4v) is 4.23. The average molecular weight is 369 g/mol. The molecule has 2 aromatic heterocycles. The molecule has 4 rings (SSSR count). The molecule has 26 heavy (non-hydrogen) atoms. The van der Waals surface area contributed by atoms with E-state index in [-0.39, 0.29) is 0 Å². The molecule has 0 bridgehead atoms. The van der Waals surface area contributed by atoms with Crippen molar-refractivity contribution in [2.75, 3.05) is 35.8 Å². The van der Waals surface area contributed by atoms with E-state index in [9.17, 15) is 0 Å². The number of hydrogen-bond acceptors (Lipinski definition) is 7. The van der Waals surface area contributed by atoms with Gasteiger partial charge in [-0.15, -0.1) is 11.8 Å². The molecular weight excluding hydrogens is 346 g/mol. The van der Waals surface area contributed by atoms with Crippen LogP contribution < -0.4 is 16.0 Å². The number of H-pyrrole nitrogens is 1. The third kappa shape index (κ3) is 2.84. The Kier molecular flexibility index (Phi) is 4.36. The highest BCUT2D eigenvalue weighted by Crippen LogP contribution is 2.35. The molecule has 0 unspecified atom stereocenters. The Morgan fingerprint density at radius 1 is 1.31 bits per heavy atom. The first kappa shape index (κ1) is 17.0. The molecule has 0 saturated carbocycles. The molecule has 1 fully saturated rings. The molecule has 3 aromatic rings. The van der Waals surface area contributed by atoms with Crippen LogP contribution in [0.1, 0.15) is 19.8 Å². The molecule has 3 heterocycles. The van der Waals surface area contributed by atoms with Crippen molar-refractivity contribution in [3.63, 3.8) is 0 Å². The molecule has 1 aromatic carbocycles. The van der Waals surface area contributed by atoms with Crippen LogP contribution in [-0.4, -0.2) is 46.1 Å². The maximum Gasteiger partial charge on any atom is 0.224 e. The number of nitrogen functional groups attached to an aromatic ring is 1. The lowest BCUT2D eigenvalue weighted by Crippen LogP contribution is -2.27. The first-order chi connectivity index (χ1) is 12.6. The second-order valence-electron chi connectivity index (χ2n) is 6.58. The molecule has 1 atom stereocenters. The van der Waals surface area contributed by atoms with Crippen LogP contribution in [0, 0.1) is 0 Å². The molecule has 4 N–H and O–H groups in total. The highest BCUT2D eigenvalue weighted by atomic mass is 32.2. The summed E-state index contributed by atoms with van der Waals surface area (Å²) in [4.78, 5) is 12.8. The molecule has 7 nitrogen and oxygen atoms in total. The maximum absolute atomic E-state index is 6.01. The Hall–Kier alpha value is -2.48. The van der Waals surface area contributed by atoms with Crippen molar-refractivity contribution in [1.82, 2.24) is 20.2 Å². The van der Waals surface area contributed by atoms with Gasteiger partial charge >= 0.3 is 0 Å². The first-order valence-electron chi connectivity index (χ1n) is 8.76. The van der Waals surface area contributed by atoms with E-state index in [1.165, 1.54) is 12.8 Å². The fourth-order valence-electron chi connectivity index (χ4n) is 3.57. The Labute approximate surface area is 156 Å². The van der Waals surface area contributed by atoms with Crippen LogP contribution >= 0.6 is 11.8 Å². The summed E-state index contributed by atoms with van der Waals surface area (Å²) in [5, 5.41) is 11.2. The highest BCUT2D eigenvalue weighted by molar-refractivity contribution is 7.98. The minimum Gasteiger partial charge on any atom is -0.382 e. The summed E-state index contributed by atoms with van der Waals surface area (Å²) in [5.41, 5.74) is 8.85. The fraction of sp³-hybridized carbons (Fsp3) is 0.389. The van der Waals surface area contributed by atoms with E-state index in [1.807, 2.05) is 13.3 Å². The first-order valence-corrected chi connectivity index (χ1v) is 9.98. The van der Waals surface area contributed by atoms with Gasteiger partial charge in [-0.25, -0.2) is 4.98 Å². The Morgan fingerprint density at radius 2 is 2.15 bits per heavy atom. The molecule has 1 aliphatic heterocycles. The zero-order valence-electron chi connectivity index (χ0n) is 15.2. The van der Waals surface area contributed by atoms with Crippen molar-refractivity contribution >= 4 is 40.2 Å². The van der Waals surface area contributed by atoms with Crippen molar-refractivity contribution < 1.29 is 0 Å². The lowest BCUT2D eigenvalue weighted by molar-refractivity contribution is 0.726. The topological polar surface area (TPSA) is 95.8 Å². The third-order valence-corrected chi connectivity index (χ3v) is 5.72. The standard InChI is InChI=1S/C18H23N7S/c1-10-5-4-6-25(10)15-9-12(21-18(20-2)22-15)11-7-13-16(14(8-11)26-3)17(19)24-23-13/h7-10H,4-6H2,1-3H3,(H3,19,23,24)(H,20,21,22)/t10-/m1/s1. The number of anilines is 3. The van der Waals surface area contributed by atoms with Gasteiger partial charge in [0, 0.05) is 36.2 Å². The number of fused-ring (bicyclic) bond motifs is 1. The molecule has 136 valence electrons. The highest BCUT2D eigenvalue weighted by Gasteiger charge is 2.23. The van der Waals surface area contributed by atoms with E-state index >= 15 is 0 Å². The Bertz CT molecular complexity index is 952. The predicted octanol–water partition coefficient (Wildman–Crippen LogP) is 3.35. The van der Waals surface area contributed by atoms with Crippen molar-refractivity contribution in [2.45, 2.75) is 30.7 Å². The minimum atomic E-state index is 0.499. The van der Waals surface area contributed by atoms with Gasteiger partial charge in [-0.2, -0.15) is 10.1 Å². The monoisotopic (exact) mass is 369 g/mol. The molecule has 1 saturated heterocycles. The van der Waals surface area contributed by atoms with E-state index in [1.54, 1.807) is 11.8 Å². The second-order valence-corrected chi connectivity index (χ2v) is 7.43. The zero-order valence-corrected chi connectivity index (χ0v) is 16.0. The molecule has 1 aliphatic rings. The van der Waals surface area contributed by atoms with Gasteiger partial charge in [0.15, 0.2) is 5.82 Å². The number of nitrogens with two attached hydrogens (primary N) is 1. The average Bonchev–Trinajstić information content (AvgIpc) is 3.26. The quantitative estimate of drug-likeness (QED) is 0.607. The number of nitrogens with one attached hydrogen (secondary N) is 2. The Balaban J connectivity index is 1.85. The van der Waals surface area contributed by atoms with E-state index < -0.39 is 0 Å². The van der Waals surface area contributed by atoms with Crippen molar-refractivity contribution in [1.29, 1.82) is 0 Å². The summed E-state index contributed by atoms with van der Waals surface area (Å²) >= 11 is 1.66.